The summed E-state index contributed by atoms with van der Waals surface area (Å²) in [5.74, 6) is -0.561. The first-order valence-electron chi connectivity index (χ1n) is 10.0. The van der Waals surface area contributed by atoms with Gasteiger partial charge in [0, 0.05) is 13.1 Å². The van der Waals surface area contributed by atoms with Gasteiger partial charge in [-0.15, -0.1) is 0 Å². The van der Waals surface area contributed by atoms with Crippen molar-refractivity contribution in [3.8, 4) is 5.75 Å². The normalized spacial score (nSPS) is 14.8. The second-order valence-corrected chi connectivity index (χ2v) is 9.27. The highest BCUT2D eigenvalue weighted by molar-refractivity contribution is 7.93. The first-order chi connectivity index (χ1) is 14.3. The van der Waals surface area contributed by atoms with Crippen LogP contribution in [0.15, 0.2) is 47.4 Å². The number of nitrogens with zero attached hydrogens (tertiary/aromatic N) is 2. The molecule has 1 fully saturated rings. The topological polar surface area (TPSA) is 66.9 Å². The number of carbonyl (C=O) groups is 1. The van der Waals surface area contributed by atoms with Crippen LogP contribution in [0.25, 0.3) is 0 Å². The predicted octanol–water partition coefficient (Wildman–Crippen LogP) is 3.74. The number of sulfonamides is 1. The Morgan fingerprint density at radius 1 is 1.07 bits per heavy atom. The molecule has 2 aromatic carbocycles. The molecule has 1 aliphatic heterocycles. The lowest BCUT2D eigenvalue weighted by Gasteiger charge is -2.28. The Morgan fingerprint density at radius 2 is 1.70 bits per heavy atom. The van der Waals surface area contributed by atoms with Crippen LogP contribution in [0.1, 0.15) is 31.2 Å². The zero-order chi connectivity index (χ0) is 21.7. The predicted molar refractivity (Wildman–Crippen MR) is 114 cm³/mol. The van der Waals surface area contributed by atoms with Crippen LogP contribution in [0.4, 0.5) is 10.1 Å². The minimum Gasteiger partial charge on any atom is -0.495 e. The summed E-state index contributed by atoms with van der Waals surface area (Å²) < 4.78 is 47.0. The standard InChI is InChI=1S/C22H27FN2O4S/c1-17-7-12-20(29-2)21(15-17)30(27,28)25(19-10-8-18(23)9-11-19)16-22(26)24-13-5-3-4-6-14-24/h7-12,15H,3-6,13-14,16H2,1-2H3. The zero-order valence-corrected chi connectivity index (χ0v) is 18.1. The molecule has 0 unspecified atom stereocenters. The maximum absolute atomic E-state index is 13.6. The van der Waals surface area contributed by atoms with E-state index in [0.29, 0.717) is 13.1 Å². The van der Waals surface area contributed by atoms with Crippen LogP contribution in [-0.2, 0) is 14.8 Å². The van der Waals surface area contributed by atoms with Gasteiger partial charge in [0.25, 0.3) is 10.0 Å². The van der Waals surface area contributed by atoms with Crippen molar-refractivity contribution in [2.75, 3.05) is 31.0 Å². The molecule has 30 heavy (non-hydrogen) atoms. The lowest BCUT2D eigenvalue weighted by Crippen LogP contribution is -2.43. The van der Waals surface area contributed by atoms with E-state index in [1.807, 2.05) is 0 Å². The molecule has 1 heterocycles. The third kappa shape index (κ3) is 4.92. The van der Waals surface area contributed by atoms with Crippen LogP contribution in [0.3, 0.4) is 0 Å². The number of benzene rings is 2. The summed E-state index contributed by atoms with van der Waals surface area (Å²) in [5.41, 5.74) is 0.968. The Labute approximate surface area is 177 Å². The number of rotatable bonds is 6. The number of amides is 1. The maximum atomic E-state index is 13.6. The molecule has 0 aromatic heterocycles. The fourth-order valence-corrected chi connectivity index (χ4v) is 5.23. The van der Waals surface area contributed by atoms with Gasteiger partial charge >= 0.3 is 0 Å². The Balaban J connectivity index is 2.02. The molecule has 0 radical (unpaired) electrons. The first kappa shape index (κ1) is 22.1. The van der Waals surface area contributed by atoms with E-state index >= 15 is 0 Å². The fourth-order valence-electron chi connectivity index (χ4n) is 3.57. The summed E-state index contributed by atoms with van der Waals surface area (Å²) in [7, 11) is -2.74. The molecule has 0 atom stereocenters. The van der Waals surface area contributed by atoms with E-state index in [1.54, 1.807) is 24.0 Å². The zero-order valence-electron chi connectivity index (χ0n) is 17.3. The third-order valence-corrected chi connectivity index (χ3v) is 7.03. The lowest BCUT2D eigenvalue weighted by molar-refractivity contribution is -0.129. The Bertz CT molecular complexity index is 985. The van der Waals surface area contributed by atoms with Crippen LogP contribution in [0.5, 0.6) is 5.75 Å². The summed E-state index contributed by atoms with van der Waals surface area (Å²) in [6.07, 6.45) is 3.93. The second-order valence-electron chi connectivity index (χ2n) is 7.44. The van der Waals surface area contributed by atoms with Crippen molar-refractivity contribution in [2.24, 2.45) is 0 Å². The minimum absolute atomic E-state index is 0.0296. The molecule has 0 saturated carbocycles. The van der Waals surface area contributed by atoms with Crippen LogP contribution in [-0.4, -0.2) is 46.0 Å². The summed E-state index contributed by atoms with van der Waals surface area (Å²) in [5, 5.41) is 0. The number of hydrogen-bond acceptors (Lipinski definition) is 4. The van der Waals surface area contributed by atoms with E-state index in [4.69, 9.17) is 4.74 Å². The molecular formula is C22H27FN2O4S. The van der Waals surface area contributed by atoms with Crippen molar-refractivity contribution >= 4 is 21.6 Å². The number of hydrogen-bond donors (Lipinski definition) is 0. The number of anilines is 1. The van der Waals surface area contributed by atoms with Gasteiger partial charge in [0.1, 0.15) is 23.0 Å². The highest BCUT2D eigenvalue weighted by Crippen LogP contribution is 2.31. The van der Waals surface area contributed by atoms with Crippen LogP contribution < -0.4 is 9.04 Å². The molecule has 0 spiro atoms. The molecule has 1 saturated heterocycles. The van der Waals surface area contributed by atoms with Gasteiger partial charge in [-0.1, -0.05) is 18.9 Å². The van der Waals surface area contributed by atoms with E-state index < -0.39 is 15.8 Å². The molecule has 162 valence electrons. The average molecular weight is 435 g/mol. The Hall–Kier alpha value is -2.61. The molecule has 1 amide bonds. The van der Waals surface area contributed by atoms with Gasteiger partial charge in [-0.3, -0.25) is 9.10 Å². The molecule has 0 aliphatic carbocycles. The molecule has 0 bridgehead atoms. The Morgan fingerprint density at radius 3 is 2.30 bits per heavy atom. The number of methoxy groups -OCH3 is 1. The minimum atomic E-state index is -4.14. The van der Waals surface area contributed by atoms with Crippen molar-refractivity contribution in [1.82, 2.24) is 4.90 Å². The van der Waals surface area contributed by atoms with Crippen LogP contribution in [0.2, 0.25) is 0 Å². The SMILES string of the molecule is COc1ccc(C)cc1S(=O)(=O)N(CC(=O)N1CCCCCC1)c1ccc(F)cc1. The number of likely N-dealkylation sites (tertiary alicyclic amines) is 1. The second kappa shape index (κ2) is 9.47. The number of carbonyl (C=O) groups excluding carboxylic acids is 1. The number of ether oxygens (including phenoxy) is 1. The molecule has 2 aromatic rings. The van der Waals surface area contributed by atoms with Gasteiger partial charge in [-0.2, -0.15) is 0 Å². The quantitative estimate of drug-likeness (QED) is 0.695. The van der Waals surface area contributed by atoms with E-state index in [0.717, 1.165) is 35.6 Å². The van der Waals surface area contributed by atoms with Gasteiger partial charge < -0.3 is 9.64 Å². The third-order valence-electron chi connectivity index (χ3n) is 5.24. The van der Waals surface area contributed by atoms with E-state index in [-0.39, 0.29) is 28.8 Å². The van der Waals surface area contributed by atoms with Gasteiger partial charge in [-0.25, -0.2) is 12.8 Å². The van der Waals surface area contributed by atoms with Crippen molar-refractivity contribution in [2.45, 2.75) is 37.5 Å². The largest absolute Gasteiger partial charge is 0.495 e. The van der Waals surface area contributed by atoms with Crippen molar-refractivity contribution in [3.05, 3.63) is 53.8 Å². The van der Waals surface area contributed by atoms with Gasteiger partial charge in [0.15, 0.2) is 0 Å². The monoisotopic (exact) mass is 434 g/mol. The highest BCUT2D eigenvalue weighted by atomic mass is 32.2. The van der Waals surface area contributed by atoms with E-state index in [9.17, 15) is 17.6 Å². The van der Waals surface area contributed by atoms with E-state index in [1.165, 1.54) is 37.4 Å². The van der Waals surface area contributed by atoms with Gasteiger partial charge in [0.05, 0.1) is 12.8 Å². The summed E-state index contributed by atoms with van der Waals surface area (Å²) in [6, 6.07) is 9.95. The molecule has 0 N–H and O–H groups in total. The maximum Gasteiger partial charge on any atom is 0.268 e. The molecule has 8 heteroatoms. The first-order valence-corrected chi connectivity index (χ1v) is 11.5. The summed E-state index contributed by atoms with van der Waals surface area (Å²) >= 11 is 0. The summed E-state index contributed by atoms with van der Waals surface area (Å²) in [6.45, 7) is 2.65. The summed E-state index contributed by atoms with van der Waals surface area (Å²) in [4.78, 5) is 14.7. The Kier molecular flexibility index (Phi) is 6.97. The van der Waals surface area contributed by atoms with Crippen molar-refractivity contribution < 1.29 is 22.3 Å². The smallest absolute Gasteiger partial charge is 0.268 e. The number of halogens is 1. The van der Waals surface area contributed by atoms with Crippen molar-refractivity contribution in [1.29, 1.82) is 0 Å². The van der Waals surface area contributed by atoms with Crippen molar-refractivity contribution in [3.63, 3.8) is 0 Å². The van der Waals surface area contributed by atoms with Gasteiger partial charge in [-0.05, 0) is 61.7 Å². The number of aryl methyl sites for hydroxylation is 1. The highest BCUT2D eigenvalue weighted by Gasteiger charge is 2.31. The molecular weight excluding hydrogens is 407 g/mol. The van der Waals surface area contributed by atoms with E-state index in [2.05, 4.69) is 0 Å². The fraction of sp³-hybridized carbons (Fsp3) is 0.409. The van der Waals surface area contributed by atoms with Gasteiger partial charge in [0.2, 0.25) is 5.91 Å². The molecule has 3 rings (SSSR count). The van der Waals surface area contributed by atoms with Crippen LogP contribution in [0, 0.1) is 12.7 Å². The molecule has 6 nitrogen and oxygen atoms in total. The lowest BCUT2D eigenvalue weighted by atomic mass is 10.2. The average Bonchev–Trinajstić information content (AvgIpc) is 3.02. The van der Waals surface area contributed by atoms with Crippen LogP contribution >= 0.6 is 0 Å². The molecule has 1 aliphatic rings.